The molecule has 8 heteroatoms. The molecule has 6 N–H and O–H groups in total. The van der Waals surface area contributed by atoms with Crippen molar-refractivity contribution in [3.05, 3.63) is 117 Å². The van der Waals surface area contributed by atoms with Gasteiger partial charge in [0, 0.05) is 43.8 Å². The molecule has 0 saturated heterocycles. The molecule has 0 unspecified atom stereocenters. The minimum absolute atomic E-state index is 0.0487. The Morgan fingerprint density at radius 1 is 0.442 bits per heavy atom. The zero-order valence-electron chi connectivity index (χ0n) is 30.4. The first-order valence-corrected chi connectivity index (χ1v) is 17.0. The Morgan fingerprint density at radius 3 is 1.04 bits per heavy atom. The Labute approximate surface area is 301 Å². The van der Waals surface area contributed by atoms with Gasteiger partial charge in [0.05, 0.1) is 11.1 Å². The van der Waals surface area contributed by atoms with Gasteiger partial charge in [-0.1, -0.05) is 90.1 Å². The van der Waals surface area contributed by atoms with Gasteiger partial charge in [-0.25, -0.2) is 0 Å². The summed E-state index contributed by atoms with van der Waals surface area (Å²) >= 11 is 0. The molecule has 52 heavy (non-hydrogen) atoms. The number of ketones is 2. The van der Waals surface area contributed by atoms with Crippen LogP contribution in [0.5, 0.6) is 34.5 Å². The summed E-state index contributed by atoms with van der Waals surface area (Å²) in [6.45, 7) is 15.6. The van der Waals surface area contributed by atoms with Crippen LogP contribution in [0.4, 0.5) is 0 Å². The third-order valence-electron chi connectivity index (χ3n) is 9.86. The number of fused-ring (bicyclic) bond motifs is 2. The number of aromatic hydroxyl groups is 6. The smallest absolute Gasteiger partial charge is 0.197 e. The molecule has 0 saturated carbocycles. The van der Waals surface area contributed by atoms with Crippen molar-refractivity contribution in [2.24, 2.45) is 0 Å². The number of aryl methyl sites for hydroxylation is 2. The molecule has 8 nitrogen and oxygen atoms in total. The van der Waals surface area contributed by atoms with E-state index in [4.69, 9.17) is 0 Å². The Hall–Kier alpha value is -6.02. The highest BCUT2D eigenvalue weighted by atomic mass is 16.3. The molecule has 6 rings (SSSR count). The Bertz CT molecular complexity index is 2280. The summed E-state index contributed by atoms with van der Waals surface area (Å²) in [7, 11) is 0. The first kappa shape index (κ1) is 35.8. The van der Waals surface area contributed by atoms with Crippen LogP contribution in [0.2, 0.25) is 0 Å². The topological polar surface area (TPSA) is 156 Å². The highest BCUT2D eigenvalue weighted by molar-refractivity contribution is 6.22. The molecule has 0 aromatic heterocycles. The lowest BCUT2D eigenvalue weighted by Crippen LogP contribution is -2.11. The van der Waals surface area contributed by atoms with Crippen LogP contribution in [0.15, 0.2) is 72.8 Å². The van der Waals surface area contributed by atoms with Gasteiger partial charge in [0.15, 0.2) is 34.6 Å². The minimum atomic E-state index is -0.630. The Balaban J connectivity index is 1.54. The van der Waals surface area contributed by atoms with Gasteiger partial charge in [-0.3, -0.25) is 9.59 Å². The van der Waals surface area contributed by atoms with E-state index in [1.807, 2.05) is 24.3 Å². The van der Waals surface area contributed by atoms with Crippen molar-refractivity contribution in [3.8, 4) is 45.6 Å². The van der Waals surface area contributed by atoms with Crippen LogP contribution in [0.25, 0.3) is 32.7 Å². The fourth-order valence-corrected chi connectivity index (χ4v) is 6.88. The minimum Gasteiger partial charge on any atom is -0.507 e. The molecule has 6 aromatic carbocycles. The molecule has 0 fully saturated rings. The standard InChI is InChI=1S/C44H42O8/c1-21-17-27-29(19-31(45)41(51)35(27)37(47)23-9-13-25(14-10-23)43(3,4)5)39(49)33(21)34-22(2)18-28-30(40(34)50)20-32(46)42(52)36(28)38(48)24-11-15-26(16-12-24)44(6,7)8/h9-20,45-46,49-52H,1-8H3. The summed E-state index contributed by atoms with van der Waals surface area (Å²) in [4.78, 5) is 27.7. The number of phenolic OH excluding ortho intramolecular Hbond substituents is 6. The van der Waals surface area contributed by atoms with Crippen LogP contribution >= 0.6 is 0 Å². The molecular formula is C44H42O8. The van der Waals surface area contributed by atoms with E-state index in [9.17, 15) is 40.2 Å². The maximum Gasteiger partial charge on any atom is 0.197 e. The average Bonchev–Trinajstić information content (AvgIpc) is 3.07. The van der Waals surface area contributed by atoms with E-state index in [-0.39, 0.29) is 77.3 Å². The average molecular weight is 699 g/mol. The first-order chi connectivity index (χ1) is 24.2. The number of phenols is 6. The number of hydrogen-bond donors (Lipinski definition) is 6. The van der Waals surface area contributed by atoms with Gasteiger partial charge in [-0.15, -0.1) is 0 Å². The van der Waals surface area contributed by atoms with E-state index >= 15 is 0 Å². The molecule has 0 spiro atoms. The van der Waals surface area contributed by atoms with E-state index < -0.39 is 34.6 Å². The second-order valence-corrected chi connectivity index (χ2v) is 15.6. The molecule has 0 aliphatic carbocycles. The molecular weight excluding hydrogens is 656 g/mol. The van der Waals surface area contributed by atoms with E-state index in [2.05, 4.69) is 41.5 Å². The highest BCUT2D eigenvalue weighted by Gasteiger charge is 2.29. The van der Waals surface area contributed by atoms with Crippen molar-refractivity contribution in [2.75, 3.05) is 0 Å². The summed E-state index contributed by atoms with van der Waals surface area (Å²) in [6, 6.07) is 19.4. The van der Waals surface area contributed by atoms with Crippen LogP contribution in [0.3, 0.4) is 0 Å². The predicted molar refractivity (Wildman–Crippen MR) is 204 cm³/mol. The van der Waals surface area contributed by atoms with Crippen LogP contribution in [-0.4, -0.2) is 42.2 Å². The Morgan fingerprint density at radius 2 is 0.750 bits per heavy atom. The van der Waals surface area contributed by atoms with Gasteiger partial charge in [0.1, 0.15) is 11.5 Å². The quantitative estimate of drug-likeness (QED) is 0.0768. The maximum atomic E-state index is 13.9. The second kappa shape index (κ2) is 12.3. The van der Waals surface area contributed by atoms with Crippen LogP contribution in [-0.2, 0) is 10.8 Å². The number of benzene rings is 6. The van der Waals surface area contributed by atoms with Gasteiger partial charge >= 0.3 is 0 Å². The molecule has 0 bridgehead atoms. The van der Waals surface area contributed by atoms with Crippen molar-refractivity contribution < 1.29 is 40.2 Å². The number of carbonyl (C=O) groups excluding carboxylic acids is 2. The summed E-state index contributed by atoms with van der Waals surface area (Å²) < 4.78 is 0. The van der Waals surface area contributed by atoms with Crippen LogP contribution in [0.1, 0.15) is 95.6 Å². The summed E-state index contributed by atoms with van der Waals surface area (Å²) in [6.07, 6.45) is 0. The van der Waals surface area contributed by atoms with Crippen molar-refractivity contribution in [2.45, 2.75) is 66.2 Å². The first-order valence-electron chi connectivity index (χ1n) is 17.0. The molecule has 0 radical (unpaired) electrons. The SMILES string of the molecule is Cc1cc2c(C(=O)c3ccc(C(C)(C)C)cc3)c(O)c(O)cc2c(O)c1-c1c(C)cc2c(C(=O)c3ccc(C(C)(C)C)cc3)c(O)c(O)cc2c1O. The number of carbonyl (C=O) groups is 2. The van der Waals surface area contributed by atoms with E-state index in [1.54, 1.807) is 50.2 Å². The highest BCUT2D eigenvalue weighted by Crippen LogP contribution is 2.51. The zero-order chi connectivity index (χ0) is 38.2. The normalized spacial score (nSPS) is 12.1. The molecule has 0 amide bonds. The lowest BCUT2D eigenvalue weighted by molar-refractivity contribution is 0.102. The number of rotatable bonds is 5. The van der Waals surface area contributed by atoms with Crippen molar-refractivity contribution in [1.82, 2.24) is 0 Å². The largest absolute Gasteiger partial charge is 0.507 e. The number of hydrogen-bond acceptors (Lipinski definition) is 8. The Kier molecular flexibility index (Phi) is 8.49. The monoisotopic (exact) mass is 698 g/mol. The second-order valence-electron chi connectivity index (χ2n) is 15.6. The van der Waals surface area contributed by atoms with Crippen molar-refractivity contribution in [3.63, 3.8) is 0 Å². The maximum absolute atomic E-state index is 13.9. The van der Waals surface area contributed by atoms with Gasteiger partial charge in [0.25, 0.3) is 0 Å². The molecule has 0 heterocycles. The molecule has 0 atom stereocenters. The van der Waals surface area contributed by atoms with Crippen LogP contribution < -0.4 is 0 Å². The van der Waals surface area contributed by atoms with Crippen LogP contribution in [0, 0.1) is 13.8 Å². The van der Waals surface area contributed by atoms with Crippen molar-refractivity contribution in [1.29, 1.82) is 0 Å². The zero-order valence-corrected chi connectivity index (χ0v) is 30.4. The lowest BCUT2D eigenvalue weighted by atomic mass is 9.84. The summed E-state index contributed by atoms with van der Waals surface area (Å²) in [5.74, 6) is -4.37. The lowest BCUT2D eigenvalue weighted by Gasteiger charge is -2.21. The van der Waals surface area contributed by atoms with E-state index in [0.29, 0.717) is 11.1 Å². The third kappa shape index (κ3) is 5.84. The summed E-state index contributed by atoms with van der Waals surface area (Å²) in [5, 5.41) is 67.7. The van der Waals surface area contributed by atoms with Gasteiger partial charge in [0.2, 0.25) is 0 Å². The van der Waals surface area contributed by atoms with Gasteiger partial charge in [-0.2, -0.15) is 0 Å². The fraction of sp³-hybridized carbons (Fsp3) is 0.227. The van der Waals surface area contributed by atoms with E-state index in [1.165, 1.54) is 0 Å². The van der Waals surface area contributed by atoms with Gasteiger partial charge < -0.3 is 30.6 Å². The summed E-state index contributed by atoms with van der Waals surface area (Å²) in [5.41, 5.74) is 3.05. The molecule has 6 aromatic rings. The molecule has 0 aliphatic heterocycles. The fourth-order valence-electron chi connectivity index (χ4n) is 6.88. The predicted octanol–water partition coefficient (Wildman–Crippen LogP) is 9.57. The van der Waals surface area contributed by atoms with Gasteiger partial charge in [-0.05, 0) is 71.2 Å². The van der Waals surface area contributed by atoms with Crippen molar-refractivity contribution >= 4 is 33.1 Å². The van der Waals surface area contributed by atoms with E-state index in [0.717, 1.165) is 23.3 Å². The molecule has 266 valence electrons. The molecule has 0 aliphatic rings. The third-order valence-corrected chi connectivity index (χ3v) is 9.86.